The lowest BCUT2D eigenvalue weighted by Gasteiger charge is -2.10. The van der Waals surface area contributed by atoms with Crippen LogP contribution in [0.2, 0.25) is 5.02 Å². The molecule has 0 spiro atoms. The maximum atomic E-state index is 13.3. The van der Waals surface area contributed by atoms with Gasteiger partial charge in [-0.3, -0.25) is 10.1 Å². The minimum atomic E-state index is -0.655. The van der Waals surface area contributed by atoms with E-state index in [-0.39, 0.29) is 22.7 Å². The third-order valence-electron chi connectivity index (χ3n) is 4.45. The van der Waals surface area contributed by atoms with Gasteiger partial charge in [0.1, 0.15) is 5.00 Å². The van der Waals surface area contributed by atoms with Crippen LogP contribution in [0.3, 0.4) is 0 Å². The van der Waals surface area contributed by atoms with E-state index in [4.69, 9.17) is 16.3 Å². The van der Waals surface area contributed by atoms with Crippen molar-refractivity contribution in [2.75, 3.05) is 17.2 Å². The average molecular weight is 469 g/mol. The first-order chi connectivity index (χ1) is 15.5. The summed E-state index contributed by atoms with van der Waals surface area (Å²) in [6, 6.07) is 14.8. The van der Waals surface area contributed by atoms with Crippen molar-refractivity contribution in [1.29, 1.82) is 0 Å². The number of fused-ring (bicyclic) bond motifs is 1. The molecular formula is C22H17ClN4O4S. The largest absolute Gasteiger partial charge is 0.461 e. The van der Waals surface area contributed by atoms with Gasteiger partial charge < -0.3 is 10.1 Å². The van der Waals surface area contributed by atoms with Gasteiger partial charge in [0.2, 0.25) is 0 Å². The summed E-state index contributed by atoms with van der Waals surface area (Å²) in [5.41, 5.74) is 0.533. The smallest absolute Gasteiger partial charge is 0.359 e. The minimum Gasteiger partial charge on any atom is -0.461 e. The van der Waals surface area contributed by atoms with Crippen LogP contribution in [0.4, 0.5) is 15.5 Å². The zero-order chi connectivity index (χ0) is 22.7. The van der Waals surface area contributed by atoms with Crippen LogP contribution in [0.1, 0.15) is 17.4 Å². The summed E-state index contributed by atoms with van der Waals surface area (Å²) < 4.78 is 6.25. The lowest BCUT2D eigenvalue weighted by molar-refractivity contribution is 0.0520. The van der Waals surface area contributed by atoms with Crippen LogP contribution in [0.25, 0.3) is 16.5 Å². The van der Waals surface area contributed by atoms with Gasteiger partial charge in [0.05, 0.1) is 17.7 Å². The predicted octanol–water partition coefficient (Wildman–Crippen LogP) is 4.92. The van der Waals surface area contributed by atoms with Gasteiger partial charge in [-0.05, 0) is 43.3 Å². The summed E-state index contributed by atoms with van der Waals surface area (Å²) in [5, 5.41) is 12.5. The van der Waals surface area contributed by atoms with E-state index in [0.29, 0.717) is 21.8 Å². The topological polar surface area (TPSA) is 102 Å². The zero-order valence-corrected chi connectivity index (χ0v) is 18.4. The van der Waals surface area contributed by atoms with E-state index in [1.807, 2.05) is 0 Å². The highest BCUT2D eigenvalue weighted by atomic mass is 35.5. The van der Waals surface area contributed by atoms with E-state index in [1.165, 1.54) is 0 Å². The molecule has 0 saturated heterocycles. The van der Waals surface area contributed by atoms with Crippen molar-refractivity contribution in [1.82, 2.24) is 9.78 Å². The molecule has 4 aromatic rings. The number of nitrogens with zero attached hydrogens (tertiary/aromatic N) is 2. The number of thiophene rings is 1. The number of anilines is 2. The number of rotatable bonds is 5. The maximum Gasteiger partial charge on any atom is 0.359 e. The Morgan fingerprint density at radius 2 is 1.81 bits per heavy atom. The number of aromatic nitrogens is 2. The highest BCUT2D eigenvalue weighted by Crippen LogP contribution is 2.31. The summed E-state index contributed by atoms with van der Waals surface area (Å²) in [6.07, 6.45) is 0. The van der Waals surface area contributed by atoms with Gasteiger partial charge in [0.25, 0.3) is 5.56 Å². The molecule has 4 rings (SSSR count). The number of carbonyl (C=O) groups is 2. The quantitative estimate of drug-likeness (QED) is 0.405. The lowest BCUT2D eigenvalue weighted by Crippen LogP contribution is -2.26. The van der Waals surface area contributed by atoms with Crippen molar-refractivity contribution in [3.8, 4) is 5.69 Å². The Bertz CT molecular complexity index is 1350. The molecule has 2 N–H and O–H groups in total. The summed E-state index contributed by atoms with van der Waals surface area (Å²) in [7, 11) is 0. The molecule has 0 aliphatic heterocycles. The van der Waals surface area contributed by atoms with Gasteiger partial charge in [-0.1, -0.05) is 29.8 Å². The number of ether oxygens (including phenoxy) is 1. The van der Waals surface area contributed by atoms with Crippen molar-refractivity contribution in [2.45, 2.75) is 6.92 Å². The molecule has 0 radical (unpaired) electrons. The second-order valence-corrected chi connectivity index (χ2v) is 7.88. The van der Waals surface area contributed by atoms with Crippen LogP contribution >= 0.6 is 22.9 Å². The molecule has 0 aliphatic rings. The summed E-state index contributed by atoms with van der Waals surface area (Å²) in [6.45, 7) is 1.84. The first kappa shape index (κ1) is 21.5. The molecule has 0 saturated carbocycles. The highest BCUT2D eigenvalue weighted by molar-refractivity contribution is 7.16. The maximum absolute atomic E-state index is 13.3. The Hall–Kier alpha value is -3.69. The third-order valence-corrected chi connectivity index (χ3v) is 5.60. The Labute approximate surface area is 191 Å². The van der Waals surface area contributed by atoms with Crippen molar-refractivity contribution < 1.29 is 14.3 Å². The molecule has 2 aromatic carbocycles. The normalized spacial score (nSPS) is 10.7. The second-order valence-electron chi connectivity index (χ2n) is 6.56. The standard InChI is InChI=1S/C22H17ClN4O4S/c1-2-31-21(29)18-16-12-32-19(25-22(30)24-14-10-8-13(23)9-11-14)17(16)20(28)27(26-18)15-6-4-3-5-7-15/h3-12H,2H2,1H3,(H2,24,25,30). The molecule has 162 valence electrons. The average Bonchev–Trinajstić information content (AvgIpc) is 3.20. The molecule has 10 heteroatoms. The SMILES string of the molecule is CCOC(=O)c1nn(-c2ccccc2)c(=O)c2c(NC(=O)Nc3ccc(Cl)cc3)scc12. The molecule has 0 fully saturated rings. The lowest BCUT2D eigenvalue weighted by atomic mass is 10.2. The fourth-order valence-electron chi connectivity index (χ4n) is 3.03. The number of urea groups is 1. The summed E-state index contributed by atoms with van der Waals surface area (Å²) >= 11 is 6.98. The van der Waals surface area contributed by atoms with Crippen molar-refractivity contribution in [2.24, 2.45) is 0 Å². The molecule has 2 aromatic heterocycles. The van der Waals surface area contributed by atoms with Crippen molar-refractivity contribution in [3.63, 3.8) is 0 Å². The minimum absolute atomic E-state index is 0.00675. The van der Waals surface area contributed by atoms with Crippen LogP contribution in [-0.4, -0.2) is 28.4 Å². The number of esters is 1. The molecule has 2 amide bonds. The zero-order valence-electron chi connectivity index (χ0n) is 16.8. The van der Waals surface area contributed by atoms with Crippen LogP contribution in [0.15, 0.2) is 64.8 Å². The van der Waals surface area contributed by atoms with Crippen LogP contribution in [-0.2, 0) is 4.74 Å². The molecule has 32 heavy (non-hydrogen) atoms. The Kier molecular flexibility index (Phi) is 6.20. The number of benzene rings is 2. The van der Waals surface area contributed by atoms with E-state index in [2.05, 4.69) is 15.7 Å². The Morgan fingerprint density at radius 1 is 1.09 bits per heavy atom. The van der Waals surface area contributed by atoms with Gasteiger partial charge in [0, 0.05) is 21.5 Å². The fourth-order valence-corrected chi connectivity index (χ4v) is 4.09. The van der Waals surface area contributed by atoms with Gasteiger partial charge in [-0.25, -0.2) is 9.59 Å². The van der Waals surface area contributed by atoms with Gasteiger partial charge in [-0.15, -0.1) is 11.3 Å². The van der Waals surface area contributed by atoms with Crippen LogP contribution in [0, 0.1) is 0 Å². The van der Waals surface area contributed by atoms with Crippen LogP contribution < -0.4 is 16.2 Å². The first-order valence-electron chi connectivity index (χ1n) is 9.58. The second kappa shape index (κ2) is 9.21. The Balaban J connectivity index is 1.77. The fraction of sp³-hybridized carbons (Fsp3) is 0.0909. The van der Waals surface area contributed by atoms with Gasteiger partial charge in [0.15, 0.2) is 5.69 Å². The molecule has 0 unspecified atom stereocenters. The van der Waals surface area contributed by atoms with Crippen molar-refractivity contribution >= 4 is 56.4 Å². The van der Waals surface area contributed by atoms with Gasteiger partial charge in [-0.2, -0.15) is 9.78 Å². The molecule has 0 atom stereocenters. The number of para-hydroxylation sites is 1. The van der Waals surface area contributed by atoms with E-state index in [9.17, 15) is 14.4 Å². The summed E-state index contributed by atoms with van der Waals surface area (Å²) in [5.74, 6) is -0.655. The molecule has 2 heterocycles. The van der Waals surface area contributed by atoms with E-state index in [1.54, 1.807) is 66.9 Å². The monoisotopic (exact) mass is 468 g/mol. The first-order valence-corrected chi connectivity index (χ1v) is 10.8. The van der Waals surface area contributed by atoms with E-state index < -0.39 is 17.6 Å². The molecule has 8 nitrogen and oxygen atoms in total. The molecule has 0 aliphatic carbocycles. The van der Waals surface area contributed by atoms with Crippen LogP contribution in [0.5, 0.6) is 0 Å². The van der Waals surface area contributed by atoms with E-state index in [0.717, 1.165) is 16.0 Å². The number of nitrogens with one attached hydrogen (secondary N) is 2. The summed E-state index contributed by atoms with van der Waals surface area (Å²) in [4.78, 5) is 38.4. The number of hydrogen-bond donors (Lipinski definition) is 2. The predicted molar refractivity (Wildman–Crippen MR) is 125 cm³/mol. The molecule has 0 bridgehead atoms. The van der Waals surface area contributed by atoms with Crippen molar-refractivity contribution in [3.05, 3.63) is 81.0 Å². The number of hydrogen-bond acceptors (Lipinski definition) is 6. The third kappa shape index (κ3) is 4.34. The Morgan fingerprint density at radius 3 is 2.50 bits per heavy atom. The number of carbonyl (C=O) groups excluding carboxylic acids is 2. The number of halogens is 1. The molecular weight excluding hydrogens is 452 g/mol. The highest BCUT2D eigenvalue weighted by Gasteiger charge is 2.23. The van der Waals surface area contributed by atoms with E-state index >= 15 is 0 Å². The number of amides is 2. The van der Waals surface area contributed by atoms with Gasteiger partial charge >= 0.3 is 12.0 Å².